The first-order valence-corrected chi connectivity index (χ1v) is 10.9. The van der Waals surface area contributed by atoms with Gasteiger partial charge in [-0.05, 0) is 53.1 Å². The van der Waals surface area contributed by atoms with Crippen LogP contribution in [0.2, 0.25) is 15.1 Å². The molecule has 3 atom stereocenters. The van der Waals surface area contributed by atoms with Crippen LogP contribution in [0.15, 0.2) is 66.7 Å². The molecule has 1 saturated heterocycles. The van der Waals surface area contributed by atoms with Crippen LogP contribution >= 0.6 is 34.8 Å². The minimum absolute atomic E-state index is 0.143. The Morgan fingerprint density at radius 1 is 0.806 bits per heavy atom. The topological polar surface area (TPSA) is 58.2 Å². The molecule has 1 fully saturated rings. The lowest BCUT2D eigenvalue weighted by Gasteiger charge is -2.46. The van der Waals surface area contributed by atoms with Crippen molar-refractivity contribution in [3.63, 3.8) is 0 Å². The van der Waals surface area contributed by atoms with E-state index in [1.807, 2.05) is 36.4 Å². The highest BCUT2D eigenvalue weighted by Crippen LogP contribution is 2.57. The molecular weight excluding hydrogens is 455 g/mol. The summed E-state index contributed by atoms with van der Waals surface area (Å²) in [6.07, 6.45) is 0.146. The molecule has 0 unspecified atom stereocenters. The molecule has 2 heterocycles. The third-order valence-electron chi connectivity index (χ3n) is 6.18. The molecule has 31 heavy (non-hydrogen) atoms. The standard InChI is InChI=1S/C24H17Cl3N2O2/c25-15-5-1-3-13(9-15)19-12-21(30)29-22(14-4-2-6-16(26)10-14)24(19)18-8-7-17(27)11-20(18)28-23(24)31/h1-11,19,22H,12H2,(H,28,31)(H,29,30)/t19-,22+,24-/m1/s1. The third-order valence-corrected chi connectivity index (χ3v) is 6.89. The molecule has 3 aromatic carbocycles. The van der Waals surface area contributed by atoms with Gasteiger partial charge in [0.25, 0.3) is 0 Å². The molecule has 0 aliphatic carbocycles. The Morgan fingerprint density at radius 3 is 2.16 bits per heavy atom. The quantitative estimate of drug-likeness (QED) is 0.490. The number of amides is 2. The first-order valence-electron chi connectivity index (χ1n) is 9.81. The number of hydrogen-bond acceptors (Lipinski definition) is 2. The summed E-state index contributed by atoms with van der Waals surface area (Å²) in [4.78, 5) is 26.7. The van der Waals surface area contributed by atoms with E-state index in [0.717, 1.165) is 16.7 Å². The van der Waals surface area contributed by atoms with Crippen LogP contribution in [0.5, 0.6) is 0 Å². The third kappa shape index (κ3) is 3.21. The number of fused-ring (bicyclic) bond motifs is 2. The zero-order valence-corrected chi connectivity index (χ0v) is 18.4. The van der Waals surface area contributed by atoms with E-state index >= 15 is 0 Å². The number of carbonyl (C=O) groups is 2. The summed E-state index contributed by atoms with van der Waals surface area (Å²) in [5, 5.41) is 7.67. The second-order valence-electron chi connectivity index (χ2n) is 7.88. The van der Waals surface area contributed by atoms with Crippen molar-refractivity contribution < 1.29 is 9.59 Å². The molecule has 2 aliphatic rings. The van der Waals surface area contributed by atoms with Gasteiger partial charge in [0.15, 0.2) is 0 Å². The van der Waals surface area contributed by atoms with Gasteiger partial charge in [-0.25, -0.2) is 0 Å². The summed E-state index contributed by atoms with van der Waals surface area (Å²) in [7, 11) is 0. The van der Waals surface area contributed by atoms with E-state index in [4.69, 9.17) is 34.8 Å². The fraction of sp³-hybridized carbons (Fsp3) is 0.167. The Kier molecular flexibility index (Phi) is 4.97. The van der Waals surface area contributed by atoms with Crippen molar-refractivity contribution in [1.82, 2.24) is 5.32 Å². The van der Waals surface area contributed by atoms with E-state index < -0.39 is 17.4 Å². The smallest absolute Gasteiger partial charge is 0.238 e. The molecule has 3 aromatic rings. The molecule has 7 heteroatoms. The molecule has 5 rings (SSSR count). The molecule has 2 N–H and O–H groups in total. The number of hydrogen-bond donors (Lipinski definition) is 2. The number of rotatable bonds is 2. The maximum Gasteiger partial charge on any atom is 0.238 e. The van der Waals surface area contributed by atoms with Crippen LogP contribution in [-0.4, -0.2) is 11.8 Å². The molecular formula is C24H17Cl3N2O2. The normalized spacial score (nSPS) is 24.6. The van der Waals surface area contributed by atoms with Gasteiger partial charge in [0.1, 0.15) is 5.41 Å². The second kappa shape index (κ2) is 7.56. The van der Waals surface area contributed by atoms with E-state index in [1.165, 1.54) is 0 Å². The lowest BCUT2D eigenvalue weighted by molar-refractivity contribution is -0.131. The van der Waals surface area contributed by atoms with Gasteiger partial charge in [0, 0.05) is 33.1 Å². The van der Waals surface area contributed by atoms with E-state index in [9.17, 15) is 9.59 Å². The molecule has 156 valence electrons. The summed E-state index contributed by atoms with van der Waals surface area (Å²) in [5.74, 6) is -0.776. The van der Waals surface area contributed by atoms with E-state index in [-0.39, 0.29) is 18.2 Å². The highest BCUT2D eigenvalue weighted by molar-refractivity contribution is 6.31. The Bertz CT molecular complexity index is 1170. The molecule has 2 amide bonds. The van der Waals surface area contributed by atoms with Gasteiger partial charge in [-0.3, -0.25) is 9.59 Å². The zero-order chi connectivity index (χ0) is 21.8. The van der Waals surface area contributed by atoms with Gasteiger partial charge >= 0.3 is 0 Å². The Morgan fingerprint density at radius 2 is 1.45 bits per heavy atom. The fourth-order valence-electron chi connectivity index (χ4n) is 4.98. The number of nitrogens with one attached hydrogen (secondary N) is 2. The fourth-order valence-corrected chi connectivity index (χ4v) is 5.55. The van der Waals surface area contributed by atoms with Gasteiger partial charge in [0.2, 0.25) is 11.8 Å². The predicted octanol–water partition coefficient (Wildman–Crippen LogP) is 5.88. The number of piperidine rings is 1. The van der Waals surface area contributed by atoms with Crippen LogP contribution in [0.1, 0.15) is 35.1 Å². The van der Waals surface area contributed by atoms with Crippen LogP contribution in [0, 0.1) is 0 Å². The van der Waals surface area contributed by atoms with Crippen molar-refractivity contribution in [2.24, 2.45) is 0 Å². The first-order chi connectivity index (χ1) is 14.9. The van der Waals surface area contributed by atoms with Crippen molar-refractivity contribution in [2.45, 2.75) is 23.8 Å². The summed E-state index contributed by atoms with van der Waals surface area (Å²) in [6.45, 7) is 0. The van der Waals surface area contributed by atoms with Crippen molar-refractivity contribution in [2.75, 3.05) is 5.32 Å². The molecule has 0 saturated carbocycles. The van der Waals surface area contributed by atoms with Crippen LogP contribution < -0.4 is 10.6 Å². The number of benzene rings is 3. The SMILES string of the molecule is O=C1C[C@H](c2cccc(Cl)c2)[C@@]2(C(=O)Nc3cc(Cl)ccc32)[C@H](c2cccc(Cl)c2)N1. The Hall–Kier alpha value is -2.53. The Labute approximate surface area is 194 Å². The van der Waals surface area contributed by atoms with Crippen LogP contribution in [0.3, 0.4) is 0 Å². The number of anilines is 1. The lowest BCUT2D eigenvalue weighted by Crippen LogP contribution is -2.56. The predicted molar refractivity (Wildman–Crippen MR) is 123 cm³/mol. The van der Waals surface area contributed by atoms with E-state index in [0.29, 0.717) is 20.8 Å². The number of halogens is 3. The minimum atomic E-state index is -1.09. The van der Waals surface area contributed by atoms with Crippen LogP contribution in [-0.2, 0) is 15.0 Å². The van der Waals surface area contributed by atoms with Crippen molar-refractivity contribution in [3.05, 3.63) is 98.5 Å². The highest BCUT2D eigenvalue weighted by Gasteiger charge is 2.61. The minimum Gasteiger partial charge on any atom is -0.348 e. The first kappa shape index (κ1) is 20.4. The summed E-state index contributed by atoms with van der Waals surface area (Å²) >= 11 is 18.8. The van der Waals surface area contributed by atoms with E-state index in [1.54, 1.807) is 30.3 Å². The molecule has 0 radical (unpaired) electrons. The molecule has 0 bridgehead atoms. The van der Waals surface area contributed by atoms with Gasteiger partial charge in [-0.1, -0.05) is 65.1 Å². The van der Waals surface area contributed by atoms with Crippen LogP contribution in [0.4, 0.5) is 5.69 Å². The van der Waals surface area contributed by atoms with Gasteiger partial charge in [0.05, 0.1) is 6.04 Å². The van der Waals surface area contributed by atoms with E-state index in [2.05, 4.69) is 10.6 Å². The molecule has 2 aliphatic heterocycles. The maximum atomic E-state index is 13.8. The average molecular weight is 472 g/mol. The largest absolute Gasteiger partial charge is 0.348 e. The van der Waals surface area contributed by atoms with Crippen molar-refractivity contribution >= 4 is 52.3 Å². The van der Waals surface area contributed by atoms with Gasteiger partial charge < -0.3 is 10.6 Å². The average Bonchev–Trinajstić information content (AvgIpc) is 3.01. The molecule has 1 spiro atoms. The summed E-state index contributed by atoms with van der Waals surface area (Å²) < 4.78 is 0. The second-order valence-corrected chi connectivity index (χ2v) is 9.19. The molecule has 4 nitrogen and oxygen atoms in total. The van der Waals surface area contributed by atoms with Crippen LogP contribution in [0.25, 0.3) is 0 Å². The van der Waals surface area contributed by atoms with Gasteiger partial charge in [-0.2, -0.15) is 0 Å². The zero-order valence-electron chi connectivity index (χ0n) is 16.2. The monoisotopic (exact) mass is 470 g/mol. The Balaban J connectivity index is 1.81. The van der Waals surface area contributed by atoms with Crippen molar-refractivity contribution in [3.8, 4) is 0 Å². The van der Waals surface area contributed by atoms with Gasteiger partial charge in [-0.15, -0.1) is 0 Å². The maximum absolute atomic E-state index is 13.8. The molecule has 0 aromatic heterocycles. The number of carbonyl (C=O) groups excluding carboxylic acids is 2. The highest BCUT2D eigenvalue weighted by atomic mass is 35.5. The summed E-state index contributed by atoms with van der Waals surface area (Å²) in [5.41, 5.74) is 1.92. The summed E-state index contributed by atoms with van der Waals surface area (Å²) in [6, 6.07) is 19.3. The lowest BCUT2D eigenvalue weighted by atomic mass is 9.59. The van der Waals surface area contributed by atoms with Crippen molar-refractivity contribution in [1.29, 1.82) is 0 Å².